The Morgan fingerprint density at radius 3 is 2.12 bits per heavy atom. The van der Waals surface area contributed by atoms with E-state index in [2.05, 4.69) is 45.2 Å². The number of hydrazone groups is 1. The summed E-state index contributed by atoms with van der Waals surface area (Å²) >= 11 is 0. The third-order valence-corrected chi connectivity index (χ3v) is 10.3. The van der Waals surface area contributed by atoms with Crippen molar-refractivity contribution < 1.29 is 105 Å². The minimum Gasteiger partial charge on any atom is -0.744 e. The maximum Gasteiger partial charge on any atom is 1.00 e. The van der Waals surface area contributed by atoms with E-state index in [1.807, 2.05) is 0 Å². The van der Waals surface area contributed by atoms with Crippen LogP contribution in [0, 0.1) is 6.08 Å². The van der Waals surface area contributed by atoms with Crippen molar-refractivity contribution >= 4 is 76.8 Å². The molecule has 0 unspecified atom stereocenters. The number of amidine groups is 1. The molecule has 5 rings (SSSR count). The number of halogens is 1. The van der Waals surface area contributed by atoms with Gasteiger partial charge < -0.3 is 25.0 Å². The maximum atomic E-state index is 15.0. The molecule has 27 heteroatoms. The monoisotopic (exact) mass is 944 g/mol. The molecule has 314 valence electrons. The zero-order valence-electron chi connectivity index (χ0n) is 30.6. The number of rotatable bonds is 17. The minimum atomic E-state index is -5.24. The number of carbonyl (C=O) groups is 1. The summed E-state index contributed by atoms with van der Waals surface area (Å²) in [6.45, 7) is -1.32. The van der Waals surface area contributed by atoms with Crippen LogP contribution in [0.4, 0.5) is 39.0 Å². The molecule has 0 saturated heterocycles. The van der Waals surface area contributed by atoms with E-state index in [4.69, 9.17) is 4.55 Å². The summed E-state index contributed by atoms with van der Waals surface area (Å²) in [6.07, 6.45) is -1.42. The van der Waals surface area contributed by atoms with E-state index < -0.39 is 101 Å². The predicted octanol–water partition coefficient (Wildman–Crippen LogP) is 0.994. The van der Waals surface area contributed by atoms with Gasteiger partial charge in [-0.25, -0.2) is 25.8 Å². The smallest absolute Gasteiger partial charge is 0.744 e. The molecule has 5 aromatic rings. The summed E-state index contributed by atoms with van der Waals surface area (Å²) in [7, 11) is -14.2. The van der Waals surface area contributed by atoms with E-state index in [0.717, 1.165) is 11.0 Å². The zero-order chi connectivity index (χ0) is 42.1. The van der Waals surface area contributed by atoms with E-state index >= 15 is 4.39 Å². The molecule has 0 fully saturated rings. The van der Waals surface area contributed by atoms with Crippen LogP contribution in [0.3, 0.4) is 0 Å². The molecule has 0 amide bonds. The molecule has 60 heavy (non-hydrogen) atoms. The number of aromatic hydroxyl groups is 1. The molecule has 1 heterocycles. The number of phenols is 1. The number of anilines is 5. The number of nitrogens with one attached hydrogen (secondary N) is 2. The summed E-state index contributed by atoms with van der Waals surface area (Å²) in [5, 5.41) is 35.3. The second-order valence-corrected chi connectivity index (χ2v) is 16.3. The average Bonchev–Trinajstić information content (AvgIpc) is 3.15. The van der Waals surface area contributed by atoms with Crippen LogP contribution < -0.4 is 45.2 Å². The van der Waals surface area contributed by atoms with E-state index in [1.54, 1.807) is 48.5 Å². The van der Waals surface area contributed by atoms with Crippen LogP contribution in [0.1, 0.15) is 15.9 Å². The molecule has 0 spiro atoms. The van der Waals surface area contributed by atoms with Gasteiger partial charge >= 0.3 is 69.1 Å². The predicted molar refractivity (Wildman–Crippen MR) is 203 cm³/mol. The van der Waals surface area contributed by atoms with Gasteiger partial charge in [0.2, 0.25) is 17.7 Å². The summed E-state index contributed by atoms with van der Waals surface area (Å²) in [4.78, 5) is 23.2. The number of para-hydroxylation sites is 1. The second kappa shape index (κ2) is 21.5. The molecule has 0 radical (unpaired) electrons. The largest absolute Gasteiger partial charge is 1.00 e. The van der Waals surface area contributed by atoms with E-state index in [1.165, 1.54) is 36.4 Å². The first kappa shape index (κ1) is 49.4. The van der Waals surface area contributed by atoms with Gasteiger partial charge in [-0.15, -0.1) is 10.2 Å². The van der Waals surface area contributed by atoms with Gasteiger partial charge in [-0.05, 0) is 36.4 Å². The van der Waals surface area contributed by atoms with Gasteiger partial charge in [0, 0.05) is 17.8 Å². The first-order valence-corrected chi connectivity index (χ1v) is 20.8. The molecule has 21 nitrogen and oxygen atoms in total. The van der Waals surface area contributed by atoms with Crippen LogP contribution in [-0.4, -0.2) is 96.0 Å². The third kappa shape index (κ3) is 14.3. The summed E-state index contributed by atoms with van der Waals surface area (Å²) < 4.78 is 112. The molecule has 0 aliphatic rings. The van der Waals surface area contributed by atoms with Crippen LogP contribution in [0.2, 0.25) is 0 Å². The standard InChI is InChI=1S/C33H30FN9O12S3.Cu.Na/c34-31-36-32(38-33(37-31)43(22-11-5-2-6-12-22)15-17-56(47,48)18-16-55-58(52,53)54)35-26-19-23(57(49,50)51)20-27(28(26)44)40-42-29(21-9-3-1-4-10-21)41-39-25-14-8-7-13-24(25)30(45)46;;/h1-14,19-20,40,44H,15-18H2,(H,45,46)(H,49,50,51)(H,52,53,54)(H,35,36,37,38);;/q;2*+1/p-1/b41-39?,42-29-;;. The first-order chi connectivity index (χ1) is 27.4. The van der Waals surface area contributed by atoms with Crippen LogP contribution in [0.15, 0.2) is 117 Å². The van der Waals surface area contributed by atoms with Crippen LogP contribution in [0.25, 0.3) is 0 Å². The van der Waals surface area contributed by atoms with Gasteiger partial charge in [0.15, 0.2) is 15.6 Å². The van der Waals surface area contributed by atoms with Gasteiger partial charge in [0.25, 0.3) is 0 Å². The van der Waals surface area contributed by atoms with Crippen molar-refractivity contribution in [2.75, 3.05) is 40.3 Å². The number of aromatic carboxylic acids is 1. The fraction of sp³-hybridized carbons (Fsp3) is 0.121. The van der Waals surface area contributed by atoms with Crippen molar-refractivity contribution in [3.63, 3.8) is 0 Å². The van der Waals surface area contributed by atoms with Gasteiger partial charge in [0.05, 0.1) is 34.3 Å². The Hall–Kier alpha value is -4.99. The fourth-order valence-corrected chi connectivity index (χ4v) is 6.73. The van der Waals surface area contributed by atoms with E-state index in [-0.39, 0.29) is 69.4 Å². The second-order valence-electron chi connectivity index (χ2n) is 11.5. The number of hydrogen-bond donors (Lipinski definition) is 5. The molecule has 0 atom stereocenters. The Bertz CT molecular complexity index is 2710. The molecular formula is C33H29CuFN9NaO12S3+. The number of phenolic OH excluding ortho intramolecular Hbond substituents is 1. The summed E-state index contributed by atoms with van der Waals surface area (Å²) in [5.41, 5.74) is 1.73. The number of benzene rings is 4. The number of hydrogen-bond acceptors (Lipinski definition) is 18. The Balaban J connectivity index is 0.00000480. The summed E-state index contributed by atoms with van der Waals surface area (Å²) in [6, 6.07) is 23.0. The number of aromatic nitrogens is 3. The Morgan fingerprint density at radius 1 is 0.867 bits per heavy atom. The minimum absolute atomic E-state index is 0. The number of nitrogens with zero attached hydrogens (tertiary/aromatic N) is 7. The van der Waals surface area contributed by atoms with Gasteiger partial charge in [-0.2, -0.15) is 32.9 Å². The SMILES string of the molecule is O=C(O)c1ccccc1N=N/C(=N\Nc1cc(S(=O)(=O)[O-])cc(Nc2nc(F)nc(N(CCS(=O)(=O)CCOS(=O)(=O)O)c3ccccc3)n2)c1O)c1ccccc1.[Cu+].[Na+]. The Kier molecular flexibility index (Phi) is 17.7. The normalized spacial score (nSPS) is 11.9. The third-order valence-electron chi connectivity index (χ3n) is 7.48. The molecule has 5 N–H and O–H groups in total. The van der Waals surface area contributed by atoms with Crippen molar-refractivity contribution in [1.29, 1.82) is 0 Å². The molecule has 0 aliphatic carbocycles. The van der Waals surface area contributed by atoms with Crippen LogP contribution in [-0.2, 0) is 51.6 Å². The first-order valence-electron chi connectivity index (χ1n) is 16.2. The van der Waals surface area contributed by atoms with Crippen molar-refractivity contribution in [3.05, 3.63) is 114 Å². The Labute approximate surface area is 374 Å². The number of azo groups is 1. The van der Waals surface area contributed by atoms with Crippen LogP contribution >= 0.6 is 0 Å². The molecule has 0 saturated carbocycles. The number of carboxylic acid groups (broad SMARTS) is 1. The van der Waals surface area contributed by atoms with Gasteiger partial charge in [-0.3, -0.25) is 9.98 Å². The van der Waals surface area contributed by atoms with E-state index in [9.17, 15) is 44.8 Å². The van der Waals surface area contributed by atoms with Crippen LogP contribution in [0.5, 0.6) is 5.75 Å². The van der Waals surface area contributed by atoms with Crippen molar-refractivity contribution in [2.24, 2.45) is 15.3 Å². The topological polar surface area (TPSA) is 316 Å². The molecule has 4 aromatic carbocycles. The molecule has 1 aromatic heterocycles. The summed E-state index contributed by atoms with van der Waals surface area (Å²) in [5.74, 6) is -4.90. The molecular weight excluding hydrogens is 916 g/mol. The van der Waals surface area contributed by atoms with Crippen molar-refractivity contribution in [2.45, 2.75) is 4.90 Å². The number of carboxylic acids is 1. The Morgan fingerprint density at radius 2 is 1.48 bits per heavy atom. The van der Waals surface area contributed by atoms with Gasteiger partial charge in [0.1, 0.15) is 21.5 Å². The zero-order valence-corrected chi connectivity index (χ0v) is 36.0. The molecule has 0 aliphatic heterocycles. The quantitative estimate of drug-likeness (QED) is 0.0165. The number of sulfone groups is 1. The maximum absolute atomic E-state index is 15.0. The van der Waals surface area contributed by atoms with E-state index in [0.29, 0.717) is 11.6 Å². The fourth-order valence-electron chi connectivity index (χ4n) is 4.81. The molecule has 0 bridgehead atoms. The van der Waals surface area contributed by atoms with Crippen molar-refractivity contribution in [3.8, 4) is 5.75 Å². The van der Waals surface area contributed by atoms with Gasteiger partial charge in [-0.1, -0.05) is 60.7 Å². The average molecular weight is 945 g/mol. The van der Waals surface area contributed by atoms with Crippen molar-refractivity contribution in [1.82, 2.24) is 15.0 Å².